The molecule has 0 saturated heterocycles. The van der Waals surface area contributed by atoms with Crippen LogP contribution in [0.5, 0.6) is 11.5 Å². The van der Waals surface area contributed by atoms with Crippen molar-refractivity contribution in [2.45, 2.75) is 13.1 Å². The molecule has 0 aliphatic carbocycles. The summed E-state index contributed by atoms with van der Waals surface area (Å²) >= 11 is 6.01. The van der Waals surface area contributed by atoms with E-state index in [2.05, 4.69) is 4.90 Å². The molecule has 3 heterocycles. The first-order valence-electron chi connectivity index (χ1n) is 11.3. The van der Waals surface area contributed by atoms with Gasteiger partial charge in [-0.05, 0) is 42.0 Å². The molecule has 0 spiro atoms. The first-order valence-corrected chi connectivity index (χ1v) is 11.7. The largest absolute Gasteiger partial charge is 0.493 e. The smallest absolute Gasteiger partial charge is 0.344 e. The maximum Gasteiger partial charge on any atom is 0.344 e. The Morgan fingerprint density at radius 1 is 0.944 bits per heavy atom. The highest BCUT2D eigenvalue weighted by Crippen LogP contribution is 2.36. The molecule has 0 bridgehead atoms. The molecule has 0 amide bonds. The van der Waals surface area contributed by atoms with Gasteiger partial charge in [0.2, 0.25) is 0 Å². The van der Waals surface area contributed by atoms with Gasteiger partial charge in [0, 0.05) is 40.5 Å². The molecule has 8 heteroatoms. The molecule has 5 aromatic rings. The average Bonchev–Trinajstić information content (AvgIpc) is 2.89. The second-order valence-corrected chi connectivity index (χ2v) is 9.05. The summed E-state index contributed by atoms with van der Waals surface area (Å²) in [6, 6.07) is 19.7. The molecular weight excluding hydrogens is 482 g/mol. The molecule has 0 radical (unpaired) electrons. The third kappa shape index (κ3) is 3.92. The molecule has 2 aromatic heterocycles. The maximum atomic E-state index is 13.0. The Morgan fingerprint density at radius 2 is 1.78 bits per heavy atom. The van der Waals surface area contributed by atoms with Crippen LogP contribution in [-0.2, 0) is 13.1 Å². The number of hydrogen-bond donors (Lipinski definition) is 0. The fourth-order valence-corrected chi connectivity index (χ4v) is 4.74. The summed E-state index contributed by atoms with van der Waals surface area (Å²) in [5, 5.41) is 1.98. The average molecular weight is 502 g/mol. The highest BCUT2D eigenvalue weighted by Gasteiger charge is 2.24. The number of rotatable bonds is 4. The third-order valence-corrected chi connectivity index (χ3v) is 6.56. The van der Waals surface area contributed by atoms with Crippen LogP contribution in [0.3, 0.4) is 0 Å². The molecule has 0 N–H and O–H groups in total. The van der Waals surface area contributed by atoms with Crippen molar-refractivity contribution in [3.63, 3.8) is 0 Å². The minimum atomic E-state index is -0.572. The quantitative estimate of drug-likeness (QED) is 0.297. The number of nitrogens with zero attached hydrogens (tertiary/aromatic N) is 1. The highest BCUT2D eigenvalue weighted by atomic mass is 35.5. The summed E-state index contributed by atoms with van der Waals surface area (Å²) in [7, 11) is 1.51. The topological polar surface area (TPSA) is 82.1 Å². The van der Waals surface area contributed by atoms with Crippen molar-refractivity contribution in [3.8, 4) is 22.6 Å². The molecule has 0 saturated carbocycles. The Hall–Kier alpha value is -4.07. The maximum absolute atomic E-state index is 13.0. The second kappa shape index (κ2) is 8.86. The molecule has 36 heavy (non-hydrogen) atoms. The molecular formula is C28H20ClNO6. The van der Waals surface area contributed by atoms with Crippen LogP contribution in [0.25, 0.3) is 33.1 Å². The summed E-state index contributed by atoms with van der Waals surface area (Å²) < 4.78 is 22.6. The highest BCUT2D eigenvalue weighted by molar-refractivity contribution is 6.30. The molecule has 7 nitrogen and oxygen atoms in total. The summed E-state index contributed by atoms with van der Waals surface area (Å²) in [4.78, 5) is 27.8. The van der Waals surface area contributed by atoms with E-state index in [1.165, 1.54) is 13.2 Å². The van der Waals surface area contributed by atoms with E-state index in [1.54, 1.807) is 18.2 Å². The van der Waals surface area contributed by atoms with Gasteiger partial charge < -0.3 is 18.3 Å². The Balaban J connectivity index is 1.46. The standard InChI is InChI=1S/C28H20ClNO6/c1-33-24-4-2-3-17-11-21(28(32)36-26(17)24)20-12-25(31)35-27-19(20)9-10-23-22(27)14-30(15-34-23)13-16-5-7-18(29)8-6-16/h2-12H,13-15H2,1H3. The number of fused-ring (bicyclic) bond motifs is 4. The van der Waals surface area contributed by atoms with E-state index in [1.807, 2.05) is 42.5 Å². The van der Waals surface area contributed by atoms with Crippen LogP contribution in [0, 0.1) is 0 Å². The minimum absolute atomic E-state index is 0.267. The van der Waals surface area contributed by atoms with Gasteiger partial charge in [0.25, 0.3) is 0 Å². The lowest BCUT2D eigenvalue weighted by Crippen LogP contribution is -2.31. The first kappa shape index (κ1) is 22.4. The van der Waals surface area contributed by atoms with Crippen molar-refractivity contribution in [1.82, 2.24) is 4.90 Å². The van der Waals surface area contributed by atoms with Gasteiger partial charge in [-0.1, -0.05) is 35.9 Å². The summed E-state index contributed by atoms with van der Waals surface area (Å²) in [5.74, 6) is 1.10. The number of halogens is 1. The van der Waals surface area contributed by atoms with Gasteiger partial charge >= 0.3 is 11.3 Å². The molecule has 180 valence electrons. The van der Waals surface area contributed by atoms with E-state index >= 15 is 0 Å². The number of hydrogen-bond acceptors (Lipinski definition) is 7. The van der Waals surface area contributed by atoms with Crippen LogP contribution in [0.15, 0.2) is 85.2 Å². The molecule has 0 fully saturated rings. The van der Waals surface area contributed by atoms with Crippen molar-refractivity contribution in [2.75, 3.05) is 13.8 Å². The van der Waals surface area contributed by atoms with E-state index < -0.39 is 11.3 Å². The monoisotopic (exact) mass is 501 g/mol. The molecule has 0 atom stereocenters. The van der Waals surface area contributed by atoms with E-state index in [0.29, 0.717) is 63.8 Å². The lowest BCUT2D eigenvalue weighted by Gasteiger charge is -2.29. The SMILES string of the molecule is COc1cccc2cc(-c3cc(=O)oc4c5c(ccc34)OCN(Cc3ccc(Cl)cc3)C5)c(=O)oc12. The molecule has 6 rings (SSSR count). The molecule has 1 aliphatic rings. The van der Waals surface area contributed by atoms with E-state index in [4.69, 9.17) is 29.9 Å². The number of benzene rings is 3. The van der Waals surface area contributed by atoms with Gasteiger partial charge in [-0.2, -0.15) is 0 Å². The number of ether oxygens (including phenoxy) is 2. The van der Waals surface area contributed by atoms with Crippen LogP contribution in [0.2, 0.25) is 5.02 Å². The van der Waals surface area contributed by atoms with Crippen LogP contribution < -0.4 is 20.7 Å². The molecule has 3 aromatic carbocycles. The fraction of sp³-hybridized carbons (Fsp3) is 0.143. The van der Waals surface area contributed by atoms with Crippen molar-refractivity contribution < 1.29 is 18.3 Å². The zero-order valence-electron chi connectivity index (χ0n) is 19.2. The van der Waals surface area contributed by atoms with Gasteiger partial charge in [0.05, 0.1) is 18.2 Å². The minimum Gasteiger partial charge on any atom is -0.493 e. The zero-order valence-corrected chi connectivity index (χ0v) is 20.0. The lowest BCUT2D eigenvalue weighted by molar-refractivity contribution is 0.0890. The molecule has 1 aliphatic heterocycles. The first-order chi connectivity index (χ1) is 17.5. The van der Waals surface area contributed by atoms with Crippen LogP contribution in [-0.4, -0.2) is 18.7 Å². The van der Waals surface area contributed by atoms with E-state index in [-0.39, 0.29) is 5.56 Å². The van der Waals surface area contributed by atoms with Crippen molar-refractivity contribution in [1.29, 1.82) is 0 Å². The number of methoxy groups -OCH3 is 1. The van der Waals surface area contributed by atoms with E-state index in [0.717, 1.165) is 11.1 Å². The Kier molecular flexibility index (Phi) is 5.51. The molecule has 0 unspecified atom stereocenters. The zero-order chi connectivity index (χ0) is 24.8. The number of para-hydroxylation sites is 1. The Bertz CT molecular complexity index is 1740. The lowest BCUT2D eigenvalue weighted by atomic mass is 9.99. The van der Waals surface area contributed by atoms with Crippen molar-refractivity contribution in [2.24, 2.45) is 0 Å². The normalized spacial score (nSPS) is 13.5. The van der Waals surface area contributed by atoms with Crippen molar-refractivity contribution in [3.05, 3.63) is 104 Å². The third-order valence-electron chi connectivity index (χ3n) is 6.31. The van der Waals surface area contributed by atoms with Gasteiger partial charge in [-0.25, -0.2) is 9.59 Å². The van der Waals surface area contributed by atoms with Gasteiger partial charge in [0.1, 0.15) is 18.1 Å². The van der Waals surface area contributed by atoms with Gasteiger partial charge in [-0.3, -0.25) is 4.90 Å². The Labute approximate surface area is 210 Å². The van der Waals surface area contributed by atoms with Crippen LogP contribution >= 0.6 is 11.6 Å². The summed E-state index contributed by atoms with van der Waals surface area (Å²) in [5.41, 5.74) is 2.14. The van der Waals surface area contributed by atoms with Crippen molar-refractivity contribution >= 4 is 33.5 Å². The van der Waals surface area contributed by atoms with Gasteiger partial charge in [0.15, 0.2) is 11.3 Å². The Morgan fingerprint density at radius 3 is 2.58 bits per heavy atom. The fourth-order valence-electron chi connectivity index (χ4n) is 4.62. The van der Waals surface area contributed by atoms with Crippen LogP contribution in [0.1, 0.15) is 11.1 Å². The van der Waals surface area contributed by atoms with E-state index in [9.17, 15) is 9.59 Å². The summed E-state index contributed by atoms with van der Waals surface area (Å²) in [6.07, 6.45) is 0. The van der Waals surface area contributed by atoms with Crippen LogP contribution in [0.4, 0.5) is 0 Å². The summed E-state index contributed by atoms with van der Waals surface area (Å²) in [6.45, 7) is 1.53. The predicted octanol–water partition coefficient (Wildman–Crippen LogP) is 5.58. The predicted molar refractivity (Wildman–Crippen MR) is 137 cm³/mol. The second-order valence-electron chi connectivity index (χ2n) is 8.61. The van der Waals surface area contributed by atoms with Gasteiger partial charge in [-0.15, -0.1) is 0 Å².